The summed E-state index contributed by atoms with van der Waals surface area (Å²) in [5, 5.41) is 0. The molecule has 0 aliphatic carbocycles. The number of furan rings is 1. The number of hydrogen-bond acceptors (Lipinski definition) is 3. The highest BCUT2D eigenvalue weighted by Crippen LogP contribution is 2.23. The van der Waals surface area contributed by atoms with Gasteiger partial charge >= 0.3 is 0 Å². The average molecular weight is 318 g/mol. The fourth-order valence-electron chi connectivity index (χ4n) is 3.57. The number of aryl methyl sites for hydroxylation is 1. The van der Waals surface area contributed by atoms with Crippen LogP contribution < -0.4 is 0 Å². The van der Waals surface area contributed by atoms with Crippen LogP contribution in [-0.2, 0) is 16.0 Å². The van der Waals surface area contributed by atoms with Gasteiger partial charge in [-0.25, -0.2) is 0 Å². The number of nitrogens with zero attached hydrogens (tertiary/aromatic N) is 2. The van der Waals surface area contributed by atoms with Crippen LogP contribution in [-0.4, -0.2) is 47.8 Å². The third-order valence-corrected chi connectivity index (χ3v) is 5.05. The van der Waals surface area contributed by atoms with Gasteiger partial charge in [0.1, 0.15) is 5.76 Å². The molecule has 0 atom stereocenters. The van der Waals surface area contributed by atoms with E-state index < -0.39 is 0 Å². The summed E-state index contributed by atoms with van der Waals surface area (Å²) in [6, 6.07) is 3.76. The summed E-state index contributed by atoms with van der Waals surface area (Å²) in [6.45, 7) is 3.44. The maximum Gasteiger partial charge on any atom is 0.223 e. The van der Waals surface area contributed by atoms with Crippen LogP contribution in [0.4, 0.5) is 0 Å². The molecule has 5 nitrogen and oxygen atoms in total. The molecule has 2 amide bonds. The van der Waals surface area contributed by atoms with Gasteiger partial charge in [0.05, 0.1) is 6.26 Å². The molecule has 2 aliphatic heterocycles. The minimum atomic E-state index is 0.200. The molecule has 0 N–H and O–H groups in total. The summed E-state index contributed by atoms with van der Waals surface area (Å²) in [6.07, 6.45) is 7.67. The Bertz CT molecular complexity index is 512. The summed E-state index contributed by atoms with van der Waals surface area (Å²) in [5.41, 5.74) is 0. The lowest BCUT2D eigenvalue weighted by Gasteiger charge is -2.32. The number of carbonyl (C=O) groups is 2. The quantitative estimate of drug-likeness (QED) is 0.838. The van der Waals surface area contributed by atoms with Gasteiger partial charge in [-0.05, 0) is 43.7 Å². The number of amides is 2. The van der Waals surface area contributed by atoms with E-state index in [0.717, 1.165) is 57.6 Å². The van der Waals surface area contributed by atoms with E-state index in [1.807, 2.05) is 21.9 Å². The molecule has 2 aliphatic rings. The van der Waals surface area contributed by atoms with Crippen molar-refractivity contribution in [3.63, 3.8) is 0 Å². The zero-order valence-corrected chi connectivity index (χ0v) is 13.7. The van der Waals surface area contributed by atoms with Gasteiger partial charge in [0.2, 0.25) is 11.8 Å². The second-order valence-corrected chi connectivity index (χ2v) is 6.70. The third-order valence-electron chi connectivity index (χ3n) is 5.05. The van der Waals surface area contributed by atoms with E-state index in [1.54, 1.807) is 6.26 Å². The lowest BCUT2D eigenvalue weighted by atomic mass is 9.92. The molecule has 2 fully saturated rings. The van der Waals surface area contributed by atoms with Crippen LogP contribution in [0.3, 0.4) is 0 Å². The molecule has 23 heavy (non-hydrogen) atoms. The zero-order chi connectivity index (χ0) is 16.1. The van der Waals surface area contributed by atoms with E-state index in [4.69, 9.17) is 4.42 Å². The van der Waals surface area contributed by atoms with E-state index in [0.29, 0.717) is 31.1 Å². The Labute approximate surface area is 137 Å². The summed E-state index contributed by atoms with van der Waals surface area (Å²) < 4.78 is 5.27. The molecule has 1 aromatic rings. The molecule has 5 heteroatoms. The Morgan fingerprint density at radius 2 is 1.74 bits per heavy atom. The minimum absolute atomic E-state index is 0.200. The fourth-order valence-corrected chi connectivity index (χ4v) is 3.57. The van der Waals surface area contributed by atoms with Gasteiger partial charge in [-0.1, -0.05) is 0 Å². The van der Waals surface area contributed by atoms with Crippen LogP contribution in [0.5, 0.6) is 0 Å². The molecule has 0 saturated carbocycles. The molecule has 0 spiro atoms. The number of piperidine rings is 1. The molecule has 1 aromatic heterocycles. The highest BCUT2D eigenvalue weighted by molar-refractivity contribution is 5.77. The molecule has 0 unspecified atom stereocenters. The van der Waals surface area contributed by atoms with Gasteiger partial charge in [0.25, 0.3) is 0 Å². The van der Waals surface area contributed by atoms with Crippen molar-refractivity contribution in [2.45, 2.75) is 44.9 Å². The van der Waals surface area contributed by atoms with Crippen LogP contribution in [0.1, 0.15) is 44.3 Å². The van der Waals surface area contributed by atoms with Crippen molar-refractivity contribution in [2.24, 2.45) is 5.92 Å². The molecule has 0 aromatic carbocycles. The van der Waals surface area contributed by atoms with Crippen molar-refractivity contribution in [3.8, 4) is 0 Å². The van der Waals surface area contributed by atoms with Crippen LogP contribution in [0.15, 0.2) is 22.8 Å². The lowest BCUT2D eigenvalue weighted by molar-refractivity contribution is -0.133. The highest BCUT2D eigenvalue weighted by atomic mass is 16.3. The minimum Gasteiger partial charge on any atom is -0.469 e. The first-order chi connectivity index (χ1) is 11.2. The smallest absolute Gasteiger partial charge is 0.223 e. The molecular weight excluding hydrogens is 292 g/mol. The largest absolute Gasteiger partial charge is 0.469 e. The summed E-state index contributed by atoms with van der Waals surface area (Å²) in [4.78, 5) is 28.4. The predicted molar refractivity (Wildman–Crippen MR) is 86.8 cm³/mol. The third kappa shape index (κ3) is 4.36. The van der Waals surface area contributed by atoms with Gasteiger partial charge < -0.3 is 14.2 Å². The topological polar surface area (TPSA) is 53.8 Å². The van der Waals surface area contributed by atoms with Crippen molar-refractivity contribution in [1.82, 2.24) is 9.80 Å². The van der Waals surface area contributed by atoms with Gasteiger partial charge in [-0.15, -0.1) is 0 Å². The van der Waals surface area contributed by atoms with E-state index in [2.05, 4.69) is 0 Å². The number of rotatable bonds is 5. The van der Waals surface area contributed by atoms with Gasteiger partial charge in [0.15, 0.2) is 0 Å². The Kier molecular flexibility index (Phi) is 5.36. The molecule has 2 saturated heterocycles. The maximum absolute atomic E-state index is 12.2. The highest BCUT2D eigenvalue weighted by Gasteiger charge is 2.26. The molecule has 0 bridgehead atoms. The first-order valence-corrected chi connectivity index (χ1v) is 8.80. The zero-order valence-electron chi connectivity index (χ0n) is 13.7. The molecule has 126 valence electrons. The van der Waals surface area contributed by atoms with E-state index in [1.165, 1.54) is 0 Å². The average Bonchev–Trinajstić information content (AvgIpc) is 3.26. The first-order valence-electron chi connectivity index (χ1n) is 8.80. The normalized spacial score (nSPS) is 19.3. The van der Waals surface area contributed by atoms with Gasteiger partial charge in [-0.2, -0.15) is 0 Å². The standard InChI is InChI=1S/C18H26N2O3/c21-17(6-5-16-4-3-13-23-16)20-11-7-15(8-12-20)14-18(22)19-9-1-2-10-19/h3-4,13,15H,1-2,5-12,14H2. The molecule has 0 radical (unpaired) electrons. The monoisotopic (exact) mass is 318 g/mol. The van der Waals surface area contributed by atoms with Gasteiger partial charge in [-0.3, -0.25) is 9.59 Å². The Balaban J connectivity index is 1.37. The van der Waals surface area contributed by atoms with Crippen molar-refractivity contribution in [2.75, 3.05) is 26.2 Å². The predicted octanol–water partition coefficient (Wildman–Crippen LogP) is 2.46. The SMILES string of the molecule is O=C(CCc1ccco1)N1CCC(CC(=O)N2CCCC2)CC1. The van der Waals surface area contributed by atoms with Crippen LogP contribution in [0.2, 0.25) is 0 Å². The Morgan fingerprint density at radius 1 is 1.04 bits per heavy atom. The van der Waals surface area contributed by atoms with Gasteiger partial charge in [0, 0.05) is 45.4 Å². The second-order valence-electron chi connectivity index (χ2n) is 6.70. The number of likely N-dealkylation sites (tertiary alicyclic amines) is 2. The van der Waals surface area contributed by atoms with Crippen molar-refractivity contribution in [3.05, 3.63) is 24.2 Å². The summed E-state index contributed by atoms with van der Waals surface area (Å²) >= 11 is 0. The second kappa shape index (κ2) is 7.66. The maximum atomic E-state index is 12.2. The summed E-state index contributed by atoms with van der Waals surface area (Å²) in [5.74, 6) is 1.82. The first kappa shape index (κ1) is 16.1. The molecule has 3 heterocycles. The van der Waals surface area contributed by atoms with Crippen LogP contribution in [0, 0.1) is 5.92 Å². The molecule has 3 rings (SSSR count). The summed E-state index contributed by atoms with van der Waals surface area (Å²) in [7, 11) is 0. The number of carbonyl (C=O) groups excluding carboxylic acids is 2. The van der Waals surface area contributed by atoms with E-state index in [-0.39, 0.29) is 5.91 Å². The Hall–Kier alpha value is -1.78. The number of hydrogen-bond donors (Lipinski definition) is 0. The van der Waals surface area contributed by atoms with Crippen molar-refractivity contribution in [1.29, 1.82) is 0 Å². The van der Waals surface area contributed by atoms with Crippen LogP contribution >= 0.6 is 0 Å². The molecular formula is C18H26N2O3. The van der Waals surface area contributed by atoms with Crippen molar-refractivity contribution >= 4 is 11.8 Å². The van der Waals surface area contributed by atoms with E-state index >= 15 is 0 Å². The fraction of sp³-hybridized carbons (Fsp3) is 0.667. The lowest BCUT2D eigenvalue weighted by Crippen LogP contribution is -2.40. The van der Waals surface area contributed by atoms with Crippen LogP contribution in [0.25, 0.3) is 0 Å². The van der Waals surface area contributed by atoms with Crippen molar-refractivity contribution < 1.29 is 14.0 Å². The van der Waals surface area contributed by atoms with E-state index in [9.17, 15) is 9.59 Å². The Morgan fingerprint density at radius 3 is 2.39 bits per heavy atom.